The number of rotatable bonds is 8. The lowest BCUT2D eigenvalue weighted by atomic mass is 10.1. The molecule has 1 unspecified atom stereocenters. The third-order valence-corrected chi connectivity index (χ3v) is 6.63. The average Bonchev–Trinajstić information content (AvgIpc) is 3.49. The predicted molar refractivity (Wildman–Crippen MR) is 138 cm³/mol. The molecule has 0 spiro atoms. The van der Waals surface area contributed by atoms with Crippen LogP contribution in [0, 0.1) is 5.82 Å². The van der Waals surface area contributed by atoms with Crippen molar-refractivity contribution < 1.29 is 13.9 Å². The Labute approximate surface area is 210 Å². The number of aliphatic imine (C=N–C) groups is 1. The van der Waals surface area contributed by atoms with E-state index in [2.05, 4.69) is 40.0 Å². The zero-order chi connectivity index (χ0) is 21.5. The van der Waals surface area contributed by atoms with Gasteiger partial charge in [0.05, 0.1) is 19.2 Å². The molecule has 1 aromatic heterocycles. The van der Waals surface area contributed by atoms with E-state index in [9.17, 15) is 4.39 Å². The molecule has 0 radical (unpaired) electrons. The molecule has 2 aromatic rings. The Kier molecular flexibility index (Phi) is 10.0. The number of thiophene rings is 1. The van der Waals surface area contributed by atoms with E-state index in [1.165, 1.54) is 23.8 Å². The Morgan fingerprint density at radius 1 is 1.28 bits per heavy atom. The number of halogens is 2. The van der Waals surface area contributed by atoms with Crippen LogP contribution in [0.15, 0.2) is 34.6 Å². The zero-order valence-electron chi connectivity index (χ0n) is 18.4. The molecule has 2 aliphatic rings. The minimum atomic E-state index is -0.257. The Morgan fingerprint density at radius 2 is 2.12 bits per heavy atom. The molecular formula is C23H32FIN4O2S. The second-order valence-electron chi connectivity index (χ2n) is 7.83. The summed E-state index contributed by atoms with van der Waals surface area (Å²) in [6.07, 6.45) is 3.16. The van der Waals surface area contributed by atoms with Crippen molar-refractivity contribution in [2.45, 2.75) is 38.8 Å². The van der Waals surface area contributed by atoms with Gasteiger partial charge in [-0.1, -0.05) is 6.07 Å². The van der Waals surface area contributed by atoms with Crippen LogP contribution >= 0.6 is 35.3 Å². The summed E-state index contributed by atoms with van der Waals surface area (Å²) >= 11 is 1.80. The minimum Gasteiger partial charge on any atom is -0.467 e. The van der Waals surface area contributed by atoms with Crippen LogP contribution in [0.25, 0.3) is 0 Å². The molecule has 1 atom stereocenters. The third kappa shape index (κ3) is 6.55. The molecule has 0 saturated carbocycles. The van der Waals surface area contributed by atoms with Gasteiger partial charge in [-0.15, -0.1) is 35.3 Å². The third-order valence-electron chi connectivity index (χ3n) is 5.66. The number of guanidine groups is 1. The number of hydrogen-bond donors (Lipinski definition) is 2. The molecule has 2 aliphatic heterocycles. The fraction of sp³-hybridized carbons (Fsp3) is 0.522. The van der Waals surface area contributed by atoms with Crippen molar-refractivity contribution in [3.8, 4) is 5.75 Å². The summed E-state index contributed by atoms with van der Waals surface area (Å²) in [6.45, 7) is 7.07. The van der Waals surface area contributed by atoms with Gasteiger partial charge in [0.2, 0.25) is 0 Å². The first-order chi connectivity index (χ1) is 15.2. The maximum atomic E-state index is 14.0. The van der Waals surface area contributed by atoms with Crippen LogP contribution in [0.3, 0.4) is 0 Å². The number of hydrogen-bond acceptors (Lipinski definition) is 5. The Bertz CT molecular complexity index is 875. The highest BCUT2D eigenvalue weighted by Gasteiger charge is 2.24. The second-order valence-corrected chi connectivity index (χ2v) is 8.81. The molecule has 1 saturated heterocycles. The quantitative estimate of drug-likeness (QED) is 0.280. The normalized spacial score (nSPS) is 17.2. The van der Waals surface area contributed by atoms with E-state index in [1.807, 2.05) is 0 Å². The van der Waals surface area contributed by atoms with Crippen molar-refractivity contribution in [2.75, 3.05) is 39.5 Å². The maximum Gasteiger partial charge on any atom is 0.191 e. The van der Waals surface area contributed by atoms with E-state index in [0.29, 0.717) is 32.2 Å². The molecule has 32 heavy (non-hydrogen) atoms. The van der Waals surface area contributed by atoms with Crippen LogP contribution in [0.4, 0.5) is 4.39 Å². The summed E-state index contributed by atoms with van der Waals surface area (Å²) in [6, 6.07) is 7.68. The van der Waals surface area contributed by atoms with Gasteiger partial charge in [0, 0.05) is 23.5 Å². The fourth-order valence-electron chi connectivity index (χ4n) is 4.20. The fourth-order valence-corrected chi connectivity index (χ4v) is 5.05. The summed E-state index contributed by atoms with van der Waals surface area (Å²) in [4.78, 5) is 8.79. The average molecular weight is 575 g/mol. The van der Waals surface area contributed by atoms with Crippen LogP contribution in [0.2, 0.25) is 0 Å². The number of fused-ring (bicyclic) bond motifs is 1. The molecule has 6 nitrogen and oxygen atoms in total. The van der Waals surface area contributed by atoms with Crippen LogP contribution in [0.1, 0.15) is 41.8 Å². The van der Waals surface area contributed by atoms with E-state index in [1.54, 1.807) is 17.4 Å². The van der Waals surface area contributed by atoms with E-state index < -0.39 is 0 Å². The van der Waals surface area contributed by atoms with Crippen molar-refractivity contribution in [1.82, 2.24) is 15.5 Å². The summed E-state index contributed by atoms with van der Waals surface area (Å²) in [5, 5.41) is 8.87. The standard InChI is InChI=1S/C23H31FN4O2S.HI/c1-2-25-23(27-14-20(21-6-5-11-31-21)28-9-3-4-10-28)26-8-7-17-12-19(24)13-18-15-29-16-30-22(17)18;/h5-6,11-13,20H,2-4,7-10,14-16H2,1H3,(H2,25,26,27);1H. The van der Waals surface area contributed by atoms with Gasteiger partial charge in [-0.3, -0.25) is 9.89 Å². The highest BCUT2D eigenvalue weighted by molar-refractivity contribution is 14.0. The number of nitrogens with one attached hydrogen (secondary N) is 2. The first-order valence-electron chi connectivity index (χ1n) is 11.1. The Balaban J connectivity index is 0.00000289. The van der Waals surface area contributed by atoms with Crippen LogP contribution in [-0.2, 0) is 17.8 Å². The summed E-state index contributed by atoms with van der Waals surface area (Å²) in [5.41, 5.74) is 1.63. The van der Waals surface area contributed by atoms with E-state index >= 15 is 0 Å². The SMILES string of the molecule is CCNC(=NCC(c1cccs1)N1CCCC1)NCCc1cc(F)cc2c1OCOC2.I. The molecule has 2 N–H and O–H groups in total. The van der Waals surface area contributed by atoms with Crippen LogP contribution in [0.5, 0.6) is 5.75 Å². The first-order valence-corrected chi connectivity index (χ1v) is 11.9. The van der Waals surface area contributed by atoms with E-state index in [4.69, 9.17) is 14.5 Å². The monoisotopic (exact) mass is 574 g/mol. The van der Waals surface area contributed by atoms with Crippen molar-refractivity contribution in [2.24, 2.45) is 4.99 Å². The van der Waals surface area contributed by atoms with Gasteiger partial charge in [0.25, 0.3) is 0 Å². The van der Waals surface area contributed by atoms with Gasteiger partial charge in [-0.25, -0.2) is 4.39 Å². The van der Waals surface area contributed by atoms with Crippen LogP contribution < -0.4 is 15.4 Å². The van der Waals surface area contributed by atoms with Gasteiger partial charge >= 0.3 is 0 Å². The van der Waals surface area contributed by atoms with Gasteiger partial charge in [0.15, 0.2) is 12.8 Å². The van der Waals surface area contributed by atoms with Gasteiger partial charge in [-0.05, 0) is 68.4 Å². The van der Waals surface area contributed by atoms with Crippen molar-refractivity contribution >= 4 is 41.3 Å². The lowest BCUT2D eigenvalue weighted by molar-refractivity contribution is -0.0172. The van der Waals surface area contributed by atoms with E-state index in [-0.39, 0.29) is 36.6 Å². The molecule has 176 valence electrons. The molecule has 1 aromatic carbocycles. The molecule has 9 heteroatoms. The predicted octanol–water partition coefficient (Wildman–Crippen LogP) is 4.31. The Morgan fingerprint density at radius 3 is 2.88 bits per heavy atom. The van der Waals surface area contributed by atoms with Gasteiger partial charge in [0.1, 0.15) is 11.6 Å². The first kappa shape index (κ1) is 25.2. The molecule has 3 heterocycles. The van der Waals surface area contributed by atoms with E-state index in [0.717, 1.165) is 42.5 Å². The van der Waals surface area contributed by atoms with Crippen molar-refractivity contribution in [3.63, 3.8) is 0 Å². The summed E-state index contributed by atoms with van der Waals surface area (Å²) in [7, 11) is 0. The van der Waals surface area contributed by atoms with Gasteiger partial charge in [-0.2, -0.15) is 0 Å². The van der Waals surface area contributed by atoms with Gasteiger partial charge < -0.3 is 20.1 Å². The van der Waals surface area contributed by atoms with Crippen LogP contribution in [-0.4, -0.2) is 50.4 Å². The van der Waals surface area contributed by atoms with Crippen molar-refractivity contribution in [3.05, 3.63) is 51.5 Å². The molecule has 1 fully saturated rings. The summed E-state index contributed by atoms with van der Waals surface area (Å²) in [5.74, 6) is 1.29. The second kappa shape index (κ2) is 12.7. The number of ether oxygens (including phenoxy) is 2. The maximum absolute atomic E-state index is 14.0. The number of nitrogens with zero attached hydrogens (tertiary/aromatic N) is 2. The molecule has 4 rings (SSSR count). The molecular weight excluding hydrogens is 542 g/mol. The Hall–Kier alpha value is -1.43. The molecule has 0 aliphatic carbocycles. The molecule has 0 amide bonds. The topological polar surface area (TPSA) is 58.1 Å². The smallest absolute Gasteiger partial charge is 0.191 e. The minimum absolute atomic E-state index is 0. The zero-order valence-corrected chi connectivity index (χ0v) is 21.6. The molecule has 0 bridgehead atoms. The highest BCUT2D eigenvalue weighted by atomic mass is 127. The highest BCUT2D eigenvalue weighted by Crippen LogP contribution is 2.30. The lowest BCUT2D eigenvalue weighted by Gasteiger charge is -2.25. The largest absolute Gasteiger partial charge is 0.467 e. The lowest BCUT2D eigenvalue weighted by Crippen LogP contribution is -2.39. The van der Waals surface area contributed by atoms with Crippen molar-refractivity contribution in [1.29, 1.82) is 0 Å². The number of benzene rings is 1. The summed E-state index contributed by atoms with van der Waals surface area (Å²) < 4.78 is 24.9. The number of likely N-dealkylation sites (tertiary alicyclic amines) is 1.